The number of para-hydroxylation sites is 20. The molecule has 6 heterocycles. The summed E-state index contributed by atoms with van der Waals surface area (Å²) in [6.07, 6.45) is 0. The smallest absolute Gasteiger partial charge is 0.0703 e. The van der Waals surface area contributed by atoms with E-state index < -0.39 is 10.0 Å². The molecule has 0 fully saturated rings. The van der Waals surface area contributed by atoms with Gasteiger partial charge >= 0.3 is 0 Å². The van der Waals surface area contributed by atoms with Crippen LogP contribution in [0.15, 0.2) is 505 Å². The summed E-state index contributed by atoms with van der Waals surface area (Å²) in [5.41, 5.74) is 41.0. The van der Waals surface area contributed by atoms with Gasteiger partial charge in [-0.1, -0.05) is 267 Å². The molecule has 1 spiro atoms. The Morgan fingerprint density at radius 2 is 0.233 bits per heavy atom. The fraction of sp³-hybridized carbons (Fsp3) is 0. The quantitative estimate of drug-likeness (QED) is 0.119. The average molecular weight is 1670 g/mol. The highest BCUT2D eigenvalue weighted by atomic mass is 32.3. The van der Waals surface area contributed by atoms with Gasteiger partial charge in [0.1, 0.15) is 0 Å². The minimum absolute atomic E-state index is 1.09. The van der Waals surface area contributed by atoms with Crippen molar-refractivity contribution in [2.75, 3.05) is 39.2 Å². The zero-order valence-electron chi connectivity index (χ0n) is 70.2. The van der Waals surface area contributed by atoms with Gasteiger partial charge in [-0.15, -0.1) is 10.0 Å². The Morgan fingerprint density at radius 1 is 0.109 bits per heavy atom. The van der Waals surface area contributed by atoms with Gasteiger partial charge in [0.25, 0.3) is 0 Å². The molecule has 0 atom stereocenters. The molecule has 0 radical (unpaired) electrons. The Bertz CT molecular complexity index is 6720. The summed E-state index contributed by atoms with van der Waals surface area (Å²) >= 11 is 0. The maximum absolute atomic E-state index is 2.59. The fourth-order valence-electron chi connectivity index (χ4n) is 20.9. The van der Waals surface area contributed by atoms with E-state index in [0.29, 0.717) is 0 Å². The van der Waals surface area contributed by atoms with Crippen molar-refractivity contribution in [3.05, 3.63) is 485 Å². The maximum atomic E-state index is 2.59. The second-order valence-electron chi connectivity index (χ2n) is 33.6. The molecule has 0 saturated heterocycles. The number of hydrogen-bond donors (Lipinski definition) is 0. The van der Waals surface area contributed by atoms with E-state index in [0.717, 1.165) is 181 Å². The lowest BCUT2D eigenvalue weighted by Gasteiger charge is -2.40. The van der Waals surface area contributed by atoms with Crippen LogP contribution in [0, 0.1) is 0 Å². The molecule has 0 saturated carbocycles. The van der Waals surface area contributed by atoms with Crippen molar-refractivity contribution in [2.24, 2.45) is 0 Å². The molecular weight excluding hydrogens is 1590 g/mol. The number of benzene rings is 20. The highest BCUT2D eigenvalue weighted by molar-refractivity contribution is 8.34. The molecular formula is C120H80N8S. The van der Waals surface area contributed by atoms with Crippen LogP contribution in [0.1, 0.15) is 0 Å². The molecule has 0 amide bonds. The van der Waals surface area contributed by atoms with Gasteiger partial charge in [-0.25, -0.2) is 0 Å². The minimum Gasteiger partial charge on any atom is -0.306 e. The molecule has 606 valence electrons. The Labute approximate surface area is 752 Å². The van der Waals surface area contributed by atoms with E-state index in [9.17, 15) is 0 Å². The summed E-state index contributed by atoms with van der Waals surface area (Å²) < 4.78 is 0. The number of fused-ring (bicyclic) bond motifs is 18. The van der Waals surface area contributed by atoms with Crippen LogP contribution in [0.3, 0.4) is 0 Å². The average Bonchev–Trinajstić information content (AvgIpc) is 1.50. The molecule has 6 aliphatic rings. The summed E-state index contributed by atoms with van der Waals surface area (Å²) in [6, 6.07) is 180. The second-order valence-corrected chi connectivity index (χ2v) is 36.6. The third-order valence-electron chi connectivity index (χ3n) is 26.6. The first-order valence-corrected chi connectivity index (χ1v) is 45.8. The first-order chi connectivity index (χ1) is 64.0. The molecule has 9 heteroatoms. The molecule has 0 bridgehead atoms. The Hall–Kier alpha value is -16.9. The van der Waals surface area contributed by atoms with E-state index in [1.807, 2.05) is 0 Å². The van der Waals surface area contributed by atoms with Gasteiger partial charge in [0, 0.05) is 65.1 Å². The fourth-order valence-corrected chi connectivity index (χ4v) is 25.6. The predicted octanol–water partition coefficient (Wildman–Crippen LogP) is 34.7. The molecule has 26 rings (SSSR count). The van der Waals surface area contributed by atoms with E-state index in [1.54, 1.807) is 0 Å². The van der Waals surface area contributed by atoms with E-state index in [4.69, 9.17) is 0 Å². The summed E-state index contributed by atoms with van der Waals surface area (Å²) in [5.74, 6) is 0. The summed E-state index contributed by atoms with van der Waals surface area (Å²) in [7, 11) is -2.42. The molecule has 20 aromatic carbocycles. The van der Waals surface area contributed by atoms with E-state index in [2.05, 4.69) is 525 Å². The van der Waals surface area contributed by atoms with E-state index >= 15 is 0 Å². The lowest BCUT2D eigenvalue weighted by molar-refractivity contribution is 1.17. The number of rotatable bonds is 12. The van der Waals surface area contributed by atoms with Crippen LogP contribution < -0.4 is 39.2 Å². The molecule has 0 N–H and O–H groups in total. The third-order valence-corrected chi connectivity index (χ3v) is 30.6. The number of hydrogen-bond acceptors (Lipinski definition) is 8. The predicted molar refractivity (Wildman–Crippen MR) is 538 cm³/mol. The maximum Gasteiger partial charge on any atom is 0.0703 e. The lowest BCUT2D eigenvalue weighted by Crippen LogP contribution is -2.23. The normalized spacial score (nSPS) is 13.8. The number of anilines is 24. The van der Waals surface area contributed by atoms with Crippen molar-refractivity contribution in [1.29, 1.82) is 0 Å². The Balaban J connectivity index is 0.646. The highest BCUT2D eigenvalue weighted by Gasteiger charge is 2.49. The lowest BCUT2D eigenvalue weighted by atomic mass is 9.97. The topological polar surface area (TPSA) is 25.9 Å². The van der Waals surface area contributed by atoms with Crippen molar-refractivity contribution in [3.63, 3.8) is 0 Å². The monoisotopic (exact) mass is 1660 g/mol. The summed E-state index contributed by atoms with van der Waals surface area (Å²) in [5, 5.41) is 0. The van der Waals surface area contributed by atoms with E-state index in [1.165, 1.54) is 41.8 Å². The molecule has 8 nitrogen and oxygen atoms in total. The van der Waals surface area contributed by atoms with Gasteiger partial charge in [0.2, 0.25) is 0 Å². The van der Waals surface area contributed by atoms with Crippen LogP contribution in [-0.4, -0.2) is 0 Å². The van der Waals surface area contributed by atoms with Crippen molar-refractivity contribution >= 4 is 147 Å². The third kappa shape index (κ3) is 11.5. The standard InChI is InChI=1S/C120H80N8S/c1-5-29-89(30-6-1)121-101-37-13-21-45-109(101)125(110-46-22-14-38-102(110)121)93-65-53-81(54-66-93)85-61-73-97-98-74-62-86(82-55-67-94(68-56-82)126-111-47-23-15-39-103(111)122(90-31-7-2-8-32-90)104-40-16-24-48-112(104)126)78-118(98)129(117(97)77-85)119-79-87(83-57-69-95(70-58-83)127-113-49-25-17-41-105(113)123(91-33-9-3-10-34-91)106-42-18-26-50-114(106)127)63-75-99(119)100-76-64-88(80-120(100)129)84-59-71-96(72-60-84)128-115-51-27-19-43-107(115)124(92-35-11-4-12-36-92)108-44-20-28-52-116(108)128/h1-80H. The van der Waals surface area contributed by atoms with Gasteiger partial charge < -0.3 is 39.2 Å². The molecule has 129 heavy (non-hydrogen) atoms. The van der Waals surface area contributed by atoms with Crippen molar-refractivity contribution < 1.29 is 0 Å². The zero-order valence-corrected chi connectivity index (χ0v) is 71.0. The molecule has 0 aliphatic carbocycles. The molecule has 0 aromatic heterocycles. The second kappa shape index (κ2) is 29.7. The van der Waals surface area contributed by atoms with Crippen LogP contribution in [0.5, 0.6) is 0 Å². The van der Waals surface area contributed by atoms with Gasteiger partial charge in [-0.3, -0.25) is 0 Å². The van der Waals surface area contributed by atoms with Crippen molar-refractivity contribution in [3.8, 4) is 66.8 Å². The molecule has 20 aromatic rings. The summed E-state index contributed by atoms with van der Waals surface area (Å²) in [6.45, 7) is 0. The van der Waals surface area contributed by atoms with Crippen molar-refractivity contribution in [2.45, 2.75) is 19.6 Å². The molecule has 0 unspecified atom stereocenters. The molecule has 6 aliphatic heterocycles. The van der Waals surface area contributed by atoms with Gasteiger partial charge in [0.15, 0.2) is 0 Å². The van der Waals surface area contributed by atoms with Crippen LogP contribution in [0.4, 0.5) is 136 Å². The largest absolute Gasteiger partial charge is 0.306 e. The van der Waals surface area contributed by atoms with Gasteiger partial charge in [-0.2, -0.15) is 0 Å². The van der Waals surface area contributed by atoms with Crippen LogP contribution >= 0.6 is 10.0 Å². The van der Waals surface area contributed by atoms with Crippen LogP contribution in [0.25, 0.3) is 66.8 Å². The first-order valence-electron chi connectivity index (χ1n) is 44.2. The van der Waals surface area contributed by atoms with Gasteiger partial charge in [0.05, 0.1) is 91.0 Å². The van der Waals surface area contributed by atoms with Crippen molar-refractivity contribution in [1.82, 2.24) is 0 Å². The van der Waals surface area contributed by atoms with Crippen LogP contribution in [-0.2, 0) is 0 Å². The summed E-state index contributed by atoms with van der Waals surface area (Å²) in [4.78, 5) is 24.6. The first kappa shape index (κ1) is 73.7. The van der Waals surface area contributed by atoms with E-state index in [-0.39, 0.29) is 0 Å². The van der Waals surface area contributed by atoms with Gasteiger partial charge in [-0.05, 0) is 285 Å². The Kier molecular flexibility index (Phi) is 16.9. The van der Waals surface area contributed by atoms with Crippen LogP contribution in [0.2, 0.25) is 0 Å². The highest BCUT2D eigenvalue weighted by Crippen LogP contribution is 2.86. The SMILES string of the molecule is c1ccc(N2c3ccccc3N(c3ccc(-c4ccc5c(c4)S4(c6cc(-c7ccc(N8c9ccccc9N(c9ccccc9)c9ccccc98)cc7)ccc6-5)c5cc(-c6ccc(N7c8ccccc8N(c8ccccc8)c8ccccc87)cc6)ccc5-c5ccc(-c6ccc(N7c8ccccc8N(c8ccccc8)c8ccccc87)cc6)cc54)cc3)c3ccccc32)cc1. The minimum atomic E-state index is -2.42. The number of nitrogens with zero attached hydrogens (tertiary/aromatic N) is 8. The zero-order chi connectivity index (χ0) is 84.8. The Morgan fingerprint density at radius 3 is 0.380 bits per heavy atom.